The van der Waals surface area contributed by atoms with Crippen molar-refractivity contribution in [1.82, 2.24) is 15.2 Å². The van der Waals surface area contributed by atoms with Crippen LogP contribution in [0.25, 0.3) is 10.9 Å². The Labute approximate surface area is 125 Å². The summed E-state index contributed by atoms with van der Waals surface area (Å²) in [5, 5.41) is 4.15. The molecule has 21 heavy (non-hydrogen) atoms. The number of aromatic nitrogens is 1. The van der Waals surface area contributed by atoms with Crippen molar-refractivity contribution in [3.63, 3.8) is 0 Å². The number of H-pyrrole nitrogens is 1. The number of hydrogen-bond acceptors (Lipinski definition) is 2. The molecular weight excluding hydrogens is 262 g/mol. The minimum absolute atomic E-state index is 0.00640. The molecule has 1 aromatic carbocycles. The predicted molar refractivity (Wildman–Crippen MR) is 85.5 cm³/mol. The number of likely N-dealkylation sites (tertiary alicyclic amines) is 1. The molecule has 0 spiro atoms. The van der Waals surface area contributed by atoms with Gasteiger partial charge in [-0.2, -0.15) is 0 Å². The van der Waals surface area contributed by atoms with E-state index in [1.807, 2.05) is 30.5 Å². The van der Waals surface area contributed by atoms with E-state index in [1.54, 1.807) is 0 Å². The molecular formula is C17H23N3O. The number of carbonyl (C=O) groups excluding carboxylic acids is 1. The summed E-state index contributed by atoms with van der Waals surface area (Å²) in [5.74, 6) is 0.00640. The van der Waals surface area contributed by atoms with Crippen molar-refractivity contribution in [3.05, 3.63) is 36.0 Å². The molecule has 1 aromatic heterocycles. The number of nitrogens with one attached hydrogen (secondary N) is 2. The minimum atomic E-state index is 0.00640. The standard InChI is InChI=1S/C17H23N3O/c1-13(20-10-3-2-4-11-20)12-19-17(21)15-7-5-6-14-8-9-18-16(14)15/h5-9,13,18H,2-4,10-12H2,1H3,(H,19,21). The van der Waals surface area contributed by atoms with Gasteiger partial charge in [0.2, 0.25) is 0 Å². The van der Waals surface area contributed by atoms with Crippen LogP contribution in [0.15, 0.2) is 30.5 Å². The van der Waals surface area contributed by atoms with Gasteiger partial charge in [0.25, 0.3) is 5.91 Å². The first kappa shape index (κ1) is 14.1. The Kier molecular flexibility index (Phi) is 4.25. The summed E-state index contributed by atoms with van der Waals surface area (Å²) >= 11 is 0. The molecule has 1 aliphatic rings. The zero-order chi connectivity index (χ0) is 14.7. The van der Waals surface area contributed by atoms with Gasteiger partial charge in [-0.15, -0.1) is 0 Å². The zero-order valence-electron chi connectivity index (χ0n) is 12.6. The molecule has 1 amide bonds. The molecule has 112 valence electrons. The van der Waals surface area contributed by atoms with Crippen LogP contribution in [0, 0.1) is 0 Å². The third-order valence-electron chi connectivity index (χ3n) is 4.40. The summed E-state index contributed by atoms with van der Waals surface area (Å²) < 4.78 is 0. The molecule has 0 bridgehead atoms. The Hall–Kier alpha value is -1.81. The van der Waals surface area contributed by atoms with E-state index in [0.29, 0.717) is 12.6 Å². The van der Waals surface area contributed by atoms with Gasteiger partial charge in [-0.05, 0) is 45.0 Å². The molecule has 1 unspecified atom stereocenters. The van der Waals surface area contributed by atoms with Crippen LogP contribution in [-0.2, 0) is 0 Å². The smallest absolute Gasteiger partial charge is 0.253 e. The first-order chi connectivity index (χ1) is 10.3. The van der Waals surface area contributed by atoms with Crippen LogP contribution >= 0.6 is 0 Å². The van der Waals surface area contributed by atoms with Gasteiger partial charge in [0.05, 0.1) is 11.1 Å². The lowest BCUT2D eigenvalue weighted by Gasteiger charge is -2.32. The molecule has 0 aliphatic carbocycles. The Morgan fingerprint density at radius 1 is 1.29 bits per heavy atom. The molecule has 1 atom stereocenters. The first-order valence-electron chi connectivity index (χ1n) is 7.84. The van der Waals surface area contributed by atoms with Crippen molar-refractivity contribution in [1.29, 1.82) is 0 Å². The molecule has 2 aromatic rings. The van der Waals surface area contributed by atoms with E-state index in [-0.39, 0.29) is 5.91 Å². The number of carbonyl (C=O) groups is 1. The summed E-state index contributed by atoms with van der Waals surface area (Å²) in [6.45, 7) is 5.21. The van der Waals surface area contributed by atoms with Gasteiger partial charge in [-0.3, -0.25) is 9.69 Å². The number of fused-ring (bicyclic) bond motifs is 1. The van der Waals surface area contributed by atoms with Gasteiger partial charge >= 0.3 is 0 Å². The van der Waals surface area contributed by atoms with E-state index in [2.05, 4.69) is 22.1 Å². The van der Waals surface area contributed by atoms with E-state index < -0.39 is 0 Å². The van der Waals surface area contributed by atoms with Crippen molar-refractivity contribution < 1.29 is 4.79 Å². The van der Waals surface area contributed by atoms with Crippen molar-refractivity contribution in [2.45, 2.75) is 32.2 Å². The van der Waals surface area contributed by atoms with Gasteiger partial charge in [0, 0.05) is 24.2 Å². The maximum atomic E-state index is 12.4. The second-order valence-electron chi connectivity index (χ2n) is 5.90. The van der Waals surface area contributed by atoms with Gasteiger partial charge < -0.3 is 10.3 Å². The van der Waals surface area contributed by atoms with E-state index >= 15 is 0 Å². The average Bonchev–Trinajstić information content (AvgIpc) is 3.01. The molecule has 0 radical (unpaired) electrons. The van der Waals surface area contributed by atoms with Crippen molar-refractivity contribution in [3.8, 4) is 0 Å². The van der Waals surface area contributed by atoms with E-state index in [9.17, 15) is 4.79 Å². The number of amides is 1. The molecule has 1 saturated heterocycles. The highest BCUT2D eigenvalue weighted by Gasteiger charge is 2.18. The third kappa shape index (κ3) is 3.10. The van der Waals surface area contributed by atoms with Gasteiger partial charge in [-0.25, -0.2) is 0 Å². The van der Waals surface area contributed by atoms with Crippen LogP contribution in [0.1, 0.15) is 36.5 Å². The normalized spacial score (nSPS) is 17.8. The Bertz CT molecular complexity index is 613. The highest BCUT2D eigenvalue weighted by atomic mass is 16.1. The summed E-state index contributed by atoms with van der Waals surface area (Å²) in [4.78, 5) is 18.0. The lowest BCUT2D eigenvalue weighted by atomic mass is 10.1. The topological polar surface area (TPSA) is 48.1 Å². The second kappa shape index (κ2) is 6.31. The summed E-state index contributed by atoms with van der Waals surface area (Å²) in [5.41, 5.74) is 1.64. The summed E-state index contributed by atoms with van der Waals surface area (Å²) in [6, 6.07) is 8.21. The van der Waals surface area contributed by atoms with E-state index in [0.717, 1.165) is 29.6 Å². The summed E-state index contributed by atoms with van der Waals surface area (Å²) in [6.07, 6.45) is 5.77. The fourth-order valence-corrected chi connectivity index (χ4v) is 3.10. The molecule has 4 heteroatoms. The quantitative estimate of drug-likeness (QED) is 0.907. The molecule has 3 rings (SSSR count). The largest absolute Gasteiger partial charge is 0.361 e. The number of piperidine rings is 1. The van der Waals surface area contributed by atoms with Gasteiger partial charge in [0.1, 0.15) is 0 Å². The van der Waals surface area contributed by atoms with Crippen LogP contribution in [0.4, 0.5) is 0 Å². The number of nitrogens with zero attached hydrogens (tertiary/aromatic N) is 1. The molecule has 1 aliphatic heterocycles. The average molecular weight is 285 g/mol. The maximum absolute atomic E-state index is 12.4. The van der Waals surface area contributed by atoms with Crippen LogP contribution in [0.5, 0.6) is 0 Å². The van der Waals surface area contributed by atoms with Crippen molar-refractivity contribution >= 4 is 16.8 Å². The Balaban J connectivity index is 1.62. The third-order valence-corrected chi connectivity index (χ3v) is 4.40. The SMILES string of the molecule is CC(CNC(=O)c1cccc2cc[nH]c12)N1CCCCC1. The van der Waals surface area contributed by atoms with Crippen LogP contribution in [0.3, 0.4) is 0 Å². The number of hydrogen-bond donors (Lipinski definition) is 2. The number of benzene rings is 1. The predicted octanol–water partition coefficient (Wildman–Crippen LogP) is 2.77. The van der Waals surface area contributed by atoms with Crippen LogP contribution < -0.4 is 5.32 Å². The maximum Gasteiger partial charge on any atom is 0.253 e. The lowest BCUT2D eigenvalue weighted by molar-refractivity contribution is 0.0931. The van der Waals surface area contributed by atoms with Crippen molar-refractivity contribution in [2.75, 3.05) is 19.6 Å². The molecule has 2 N–H and O–H groups in total. The molecule has 0 saturated carbocycles. The Morgan fingerprint density at radius 2 is 2.10 bits per heavy atom. The molecule has 4 nitrogen and oxygen atoms in total. The number of aromatic amines is 1. The highest BCUT2D eigenvalue weighted by molar-refractivity contribution is 6.05. The second-order valence-corrected chi connectivity index (χ2v) is 5.90. The fraction of sp³-hybridized carbons (Fsp3) is 0.471. The lowest BCUT2D eigenvalue weighted by Crippen LogP contribution is -2.44. The van der Waals surface area contributed by atoms with E-state index in [4.69, 9.17) is 0 Å². The highest BCUT2D eigenvalue weighted by Crippen LogP contribution is 2.17. The van der Waals surface area contributed by atoms with Gasteiger partial charge in [-0.1, -0.05) is 18.6 Å². The molecule has 1 fully saturated rings. The van der Waals surface area contributed by atoms with Crippen molar-refractivity contribution in [2.24, 2.45) is 0 Å². The number of para-hydroxylation sites is 1. The zero-order valence-corrected chi connectivity index (χ0v) is 12.6. The summed E-state index contributed by atoms with van der Waals surface area (Å²) in [7, 11) is 0. The number of rotatable bonds is 4. The monoisotopic (exact) mass is 285 g/mol. The first-order valence-corrected chi connectivity index (χ1v) is 7.84. The van der Waals surface area contributed by atoms with Crippen LogP contribution in [-0.4, -0.2) is 41.5 Å². The van der Waals surface area contributed by atoms with Gasteiger partial charge in [0.15, 0.2) is 0 Å². The Morgan fingerprint density at radius 3 is 2.90 bits per heavy atom. The van der Waals surface area contributed by atoms with Crippen LogP contribution in [0.2, 0.25) is 0 Å². The fourth-order valence-electron chi connectivity index (χ4n) is 3.10. The molecule has 2 heterocycles. The van der Waals surface area contributed by atoms with E-state index in [1.165, 1.54) is 19.3 Å². The minimum Gasteiger partial charge on any atom is -0.361 e.